The fraction of sp³-hybridized carbons (Fsp3) is 0.211. The Hall–Kier alpha value is -5.45. The lowest BCUT2D eigenvalue weighted by Crippen LogP contribution is -2.25. The summed E-state index contributed by atoms with van der Waals surface area (Å²) in [6, 6.07) is 27.1. The zero-order valence-electron chi connectivity index (χ0n) is 26.4. The van der Waals surface area contributed by atoms with E-state index >= 15 is 0 Å². The van der Waals surface area contributed by atoms with E-state index in [2.05, 4.69) is 48.6 Å². The fourth-order valence-corrected chi connectivity index (χ4v) is 6.37. The van der Waals surface area contributed by atoms with Crippen molar-refractivity contribution in [1.82, 2.24) is 40.3 Å². The van der Waals surface area contributed by atoms with E-state index in [0.717, 1.165) is 59.6 Å². The molecule has 0 radical (unpaired) electrons. The van der Waals surface area contributed by atoms with Crippen LogP contribution in [0.2, 0.25) is 0 Å². The lowest BCUT2D eigenvalue weighted by molar-refractivity contribution is 0.237. The van der Waals surface area contributed by atoms with Gasteiger partial charge in [-0.1, -0.05) is 42.5 Å². The Bertz CT molecular complexity index is 2190. The maximum Gasteiger partial charge on any atom is 0.161 e. The van der Waals surface area contributed by atoms with Crippen molar-refractivity contribution in [3.05, 3.63) is 114 Å². The van der Waals surface area contributed by atoms with Crippen LogP contribution in [0.5, 0.6) is 5.75 Å². The van der Waals surface area contributed by atoms with Gasteiger partial charge in [0.1, 0.15) is 23.7 Å². The highest BCUT2D eigenvalue weighted by atomic mass is 19.1. The van der Waals surface area contributed by atoms with Crippen LogP contribution in [0.15, 0.2) is 97.3 Å². The molecular formula is C38H35FN8O. The summed E-state index contributed by atoms with van der Waals surface area (Å²) >= 11 is 0. The summed E-state index contributed by atoms with van der Waals surface area (Å²) in [7, 11) is 0. The van der Waals surface area contributed by atoms with Gasteiger partial charge >= 0.3 is 0 Å². The topological polar surface area (TPSA) is 108 Å². The lowest BCUT2D eigenvalue weighted by Gasteiger charge is -2.15. The number of imidazole rings is 1. The molecular weight excluding hydrogens is 603 g/mol. The van der Waals surface area contributed by atoms with E-state index in [1.165, 1.54) is 30.5 Å². The number of aromatic nitrogens is 6. The predicted molar refractivity (Wildman–Crippen MR) is 186 cm³/mol. The molecule has 0 spiro atoms. The number of rotatable bonds is 11. The summed E-state index contributed by atoms with van der Waals surface area (Å²) in [6.07, 6.45) is 6.15. The Morgan fingerprint density at radius 2 is 1.67 bits per heavy atom. The molecule has 1 aliphatic heterocycles. The summed E-state index contributed by atoms with van der Waals surface area (Å²) < 4.78 is 20.8. The number of pyridine rings is 2. The molecule has 1 fully saturated rings. The standard InChI is InChI=1S/C38H35FN8O/c39-29-18-27(19-30(20-29)48-16-15-47-13-4-5-14-47)31-9-6-10-33-35(31)44-38(43-33)37-36-34(45-46-37)12-11-32(42-36)28-17-26(23-41-24-28)22-40-21-25-7-2-1-3-8-25/h1-3,6-12,17-20,23-24,40H,4-5,13-16,21-22H2,(H,43,44)(H,45,46). The summed E-state index contributed by atoms with van der Waals surface area (Å²) in [6.45, 7) is 5.02. The second kappa shape index (κ2) is 13.3. The second-order valence-electron chi connectivity index (χ2n) is 12.2. The van der Waals surface area contributed by atoms with Crippen molar-refractivity contribution in [3.63, 3.8) is 0 Å². The van der Waals surface area contributed by atoms with Crippen LogP contribution >= 0.6 is 0 Å². The first-order chi connectivity index (χ1) is 23.7. The molecule has 0 bridgehead atoms. The molecule has 0 unspecified atom stereocenters. The predicted octanol–water partition coefficient (Wildman–Crippen LogP) is 7.13. The quantitative estimate of drug-likeness (QED) is 0.138. The summed E-state index contributed by atoms with van der Waals surface area (Å²) in [4.78, 5) is 20.2. The van der Waals surface area contributed by atoms with Gasteiger partial charge in [-0.15, -0.1) is 0 Å². The molecule has 0 atom stereocenters. The molecule has 8 rings (SSSR count). The van der Waals surface area contributed by atoms with E-state index in [1.54, 1.807) is 0 Å². The third-order valence-electron chi connectivity index (χ3n) is 8.79. The van der Waals surface area contributed by atoms with Gasteiger partial charge in [-0.25, -0.2) is 14.4 Å². The van der Waals surface area contributed by atoms with Crippen molar-refractivity contribution >= 4 is 22.1 Å². The van der Waals surface area contributed by atoms with Crippen molar-refractivity contribution in [2.75, 3.05) is 26.2 Å². The van der Waals surface area contributed by atoms with Crippen LogP contribution in [0.25, 0.3) is 56.0 Å². The Morgan fingerprint density at radius 3 is 2.56 bits per heavy atom. The van der Waals surface area contributed by atoms with Gasteiger partial charge in [0.25, 0.3) is 0 Å². The van der Waals surface area contributed by atoms with Crippen molar-refractivity contribution in [1.29, 1.82) is 0 Å². The second-order valence-corrected chi connectivity index (χ2v) is 12.2. The van der Waals surface area contributed by atoms with Gasteiger partial charge < -0.3 is 15.0 Å². The van der Waals surface area contributed by atoms with E-state index < -0.39 is 0 Å². The highest BCUT2D eigenvalue weighted by Crippen LogP contribution is 2.34. The van der Waals surface area contributed by atoms with Crippen LogP contribution in [-0.4, -0.2) is 61.3 Å². The van der Waals surface area contributed by atoms with Crippen LogP contribution in [0, 0.1) is 5.82 Å². The number of likely N-dealkylation sites (tertiary alicyclic amines) is 1. The number of nitrogens with zero attached hydrogens (tertiary/aromatic N) is 5. The van der Waals surface area contributed by atoms with Crippen LogP contribution in [0.1, 0.15) is 24.0 Å². The van der Waals surface area contributed by atoms with Crippen LogP contribution in [-0.2, 0) is 13.1 Å². The molecule has 0 aliphatic carbocycles. The summed E-state index contributed by atoms with van der Waals surface area (Å²) in [5, 5.41) is 11.2. The Balaban J connectivity index is 1.05. The van der Waals surface area contributed by atoms with Crippen molar-refractivity contribution in [3.8, 4) is 39.7 Å². The smallest absolute Gasteiger partial charge is 0.161 e. The molecule has 1 saturated heterocycles. The molecule has 0 saturated carbocycles. The number of para-hydroxylation sites is 1. The Morgan fingerprint density at radius 1 is 0.792 bits per heavy atom. The molecule has 4 aromatic heterocycles. The average molecular weight is 639 g/mol. The number of aromatic amines is 2. The zero-order valence-corrected chi connectivity index (χ0v) is 26.4. The Kier molecular flexibility index (Phi) is 8.32. The van der Waals surface area contributed by atoms with E-state index in [1.807, 2.05) is 67.0 Å². The molecule has 1 aliphatic rings. The fourth-order valence-electron chi connectivity index (χ4n) is 6.37. The molecule has 9 nitrogen and oxygen atoms in total. The van der Waals surface area contributed by atoms with E-state index in [-0.39, 0.29) is 5.82 Å². The van der Waals surface area contributed by atoms with Gasteiger partial charge in [0.15, 0.2) is 11.5 Å². The lowest BCUT2D eigenvalue weighted by atomic mass is 10.0. The van der Waals surface area contributed by atoms with E-state index in [9.17, 15) is 4.39 Å². The minimum Gasteiger partial charge on any atom is -0.492 e. The Labute approximate surface area is 277 Å². The van der Waals surface area contributed by atoms with Crippen LogP contribution in [0.4, 0.5) is 4.39 Å². The molecule has 240 valence electrons. The van der Waals surface area contributed by atoms with Gasteiger partial charge in [0.2, 0.25) is 0 Å². The number of nitrogens with one attached hydrogen (secondary N) is 3. The van der Waals surface area contributed by atoms with Crippen LogP contribution < -0.4 is 10.1 Å². The molecule has 48 heavy (non-hydrogen) atoms. The summed E-state index contributed by atoms with van der Waals surface area (Å²) in [5.41, 5.74) is 9.14. The maximum absolute atomic E-state index is 14.8. The maximum atomic E-state index is 14.8. The van der Waals surface area contributed by atoms with Crippen molar-refractivity contribution < 1.29 is 9.13 Å². The largest absolute Gasteiger partial charge is 0.492 e. The molecule has 10 heteroatoms. The van der Waals surface area contributed by atoms with E-state index in [0.29, 0.717) is 47.0 Å². The minimum absolute atomic E-state index is 0.350. The van der Waals surface area contributed by atoms with E-state index in [4.69, 9.17) is 14.7 Å². The summed E-state index contributed by atoms with van der Waals surface area (Å²) in [5.74, 6) is 0.735. The first-order valence-corrected chi connectivity index (χ1v) is 16.4. The normalized spacial score (nSPS) is 13.5. The molecule has 3 aromatic carbocycles. The van der Waals surface area contributed by atoms with Crippen molar-refractivity contribution in [2.24, 2.45) is 0 Å². The number of hydrogen-bond acceptors (Lipinski definition) is 7. The average Bonchev–Trinajstić information content (AvgIpc) is 3.88. The zero-order chi connectivity index (χ0) is 32.3. The third-order valence-corrected chi connectivity index (χ3v) is 8.79. The number of ether oxygens (including phenoxy) is 1. The molecule has 5 heterocycles. The SMILES string of the molecule is Fc1cc(OCCN2CCCC2)cc(-c2cccc3[nH]c(-c4n[nH]c5ccc(-c6cncc(CNCc7ccccc7)c6)nc45)nc23)c1. The third kappa shape index (κ3) is 6.40. The first kappa shape index (κ1) is 29.9. The number of fused-ring (bicyclic) bond motifs is 2. The number of H-pyrrole nitrogens is 2. The number of halogens is 1. The highest BCUT2D eigenvalue weighted by Gasteiger charge is 2.18. The molecule has 3 N–H and O–H groups in total. The van der Waals surface area contributed by atoms with Gasteiger partial charge in [0.05, 0.1) is 22.2 Å². The molecule has 0 amide bonds. The number of hydrogen-bond donors (Lipinski definition) is 3. The van der Waals surface area contributed by atoms with Crippen molar-refractivity contribution in [2.45, 2.75) is 25.9 Å². The van der Waals surface area contributed by atoms with Crippen LogP contribution in [0.3, 0.4) is 0 Å². The van der Waals surface area contributed by atoms with Gasteiger partial charge in [-0.05, 0) is 79.0 Å². The monoisotopic (exact) mass is 638 g/mol. The molecule has 7 aromatic rings. The van der Waals surface area contributed by atoms with Gasteiger partial charge in [-0.2, -0.15) is 5.10 Å². The highest BCUT2D eigenvalue weighted by molar-refractivity contribution is 5.96. The number of benzene rings is 3. The minimum atomic E-state index is -0.350. The first-order valence-electron chi connectivity index (χ1n) is 16.4. The van der Waals surface area contributed by atoms with Gasteiger partial charge in [0, 0.05) is 49.2 Å². The van der Waals surface area contributed by atoms with Gasteiger partial charge in [-0.3, -0.25) is 15.0 Å².